The maximum absolute atomic E-state index is 12.2. The van der Waals surface area contributed by atoms with Crippen LogP contribution in [-0.2, 0) is 6.54 Å². The molecule has 23 heavy (non-hydrogen) atoms. The second kappa shape index (κ2) is 8.56. The van der Waals surface area contributed by atoms with Gasteiger partial charge < -0.3 is 25.3 Å². The smallest absolute Gasteiger partial charge is 0.275 e. The van der Waals surface area contributed by atoms with Gasteiger partial charge in [0.15, 0.2) is 11.5 Å². The number of ether oxygens (including phenoxy) is 3. The molecule has 1 heterocycles. The number of hydrogen-bond donors (Lipinski definition) is 2. The fourth-order valence-corrected chi connectivity index (χ4v) is 2.55. The number of thiazole rings is 1. The number of carbonyl (C=O) groups is 1. The monoisotopic (exact) mass is 359 g/mol. The molecule has 0 aliphatic heterocycles. The topological polar surface area (TPSA) is 95.7 Å². The summed E-state index contributed by atoms with van der Waals surface area (Å²) in [7, 11) is 4.52. The number of rotatable bonds is 6. The number of aromatic nitrogens is 1. The van der Waals surface area contributed by atoms with Crippen LogP contribution in [0.2, 0.25) is 0 Å². The van der Waals surface area contributed by atoms with Crippen LogP contribution in [-0.4, -0.2) is 32.2 Å². The quantitative estimate of drug-likeness (QED) is 0.821. The van der Waals surface area contributed by atoms with Crippen molar-refractivity contribution in [2.24, 2.45) is 5.73 Å². The molecule has 0 spiro atoms. The fourth-order valence-electron chi connectivity index (χ4n) is 1.90. The van der Waals surface area contributed by atoms with E-state index in [1.807, 2.05) is 0 Å². The zero-order valence-electron chi connectivity index (χ0n) is 12.9. The standard InChI is InChI=1S/C14H17N3O4S.ClH/c1-19-10-5-4-8(12(20-2)13(10)21-3)17-14(18)9-7-22-11(6-15)16-9;/h4-5,7H,6,15H2,1-3H3,(H,17,18);1H. The van der Waals surface area contributed by atoms with Crippen LogP contribution in [0.5, 0.6) is 17.2 Å². The SMILES string of the molecule is COc1ccc(NC(=O)c2csc(CN)n2)c(OC)c1OC.Cl. The van der Waals surface area contributed by atoms with Gasteiger partial charge in [-0.3, -0.25) is 4.79 Å². The molecular weight excluding hydrogens is 342 g/mol. The number of hydrogen-bond acceptors (Lipinski definition) is 7. The Kier molecular flexibility index (Phi) is 7.08. The molecule has 1 aromatic carbocycles. The molecule has 0 fully saturated rings. The minimum absolute atomic E-state index is 0. The van der Waals surface area contributed by atoms with Crippen LogP contribution in [0.1, 0.15) is 15.5 Å². The van der Waals surface area contributed by atoms with E-state index in [2.05, 4.69) is 10.3 Å². The van der Waals surface area contributed by atoms with Crippen molar-refractivity contribution in [3.8, 4) is 17.2 Å². The Labute approximate surface area is 144 Å². The second-order valence-electron chi connectivity index (χ2n) is 4.17. The van der Waals surface area contributed by atoms with E-state index in [1.165, 1.54) is 32.7 Å². The molecule has 0 unspecified atom stereocenters. The lowest BCUT2D eigenvalue weighted by atomic mass is 10.2. The first-order chi connectivity index (χ1) is 10.6. The van der Waals surface area contributed by atoms with Gasteiger partial charge in [-0.2, -0.15) is 0 Å². The lowest BCUT2D eigenvalue weighted by Crippen LogP contribution is -2.14. The summed E-state index contributed by atoms with van der Waals surface area (Å²) in [5.41, 5.74) is 6.27. The van der Waals surface area contributed by atoms with Gasteiger partial charge >= 0.3 is 0 Å². The maximum Gasteiger partial charge on any atom is 0.275 e. The van der Waals surface area contributed by atoms with E-state index in [9.17, 15) is 4.79 Å². The van der Waals surface area contributed by atoms with E-state index in [-0.39, 0.29) is 18.3 Å². The first kappa shape index (κ1) is 19.0. The molecule has 1 aromatic heterocycles. The van der Waals surface area contributed by atoms with Crippen molar-refractivity contribution in [2.45, 2.75) is 6.54 Å². The average molecular weight is 360 g/mol. The third-order valence-corrected chi connectivity index (χ3v) is 3.78. The number of carbonyl (C=O) groups excluding carboxylic acids is 1. The lowest BCUT2D eigenvalue weighted by molar-refractivity contribution is 0.102. The summed E-state index contributed by atoms with van der Waals surface area (Å²) in [5, 5.41) is 5.10. The third kappa shape index (κ3) is 4.04. The van der Waals surface area contributed by atoms with Crippen LogP contribution in [0, 0.1) is 0 Å². The Balaban J connectivity index is 0.00000264. The van der Waals surface area contributed by atoms with Crippen molar-refractivity contribution in [2.75, 3.05) is 26.6 Å². The molecule has 1 amide bonds. The minimum Gasteiger partial charge on any atom is -0.493 e. The van der Waals surface area contributed by atoms with Gasteiger partial charge in [0.25, 0.3) is 5.91 Å². The van der Waals surface area contributed by atoms with Crippen molar-refractivity contribution in [1.29, 1.82) is 0 Å². The summed E-state index contributed by atoms with van der Waals surface area (Å²) in [6.45, 7) is 0.303. The molecule has 3 N–H and O–H groups in total. The van der Waals surface area contributed by atoms with Gasteiger partial charge in [-0.15, -0.1) is 23.7 Å². The predicted molar refractivity (Wildman–Crippen MR) is 91.3 cm³/mol. The molecular formula is C14H18ClN3O4S. The molecule has 9 heteroatoms. The molecule has 0 bridgehead atoms. The number of nitrogens with one attached hydrogen (secondary N) is 1. The number of benzene rings is 1. The van der Waals surface area contributed by atoms with Gasteiger partial charge in [-0.05, 0) is 12.1 Å². The van der Waals surface area contributed by atoms with Gasteiger partial charge in [0.2, 0.25) is 5.75 Å². The van der Waals surface area contributed by atoms with Crippen molar-refractivity contribution >= 4 is 35.3 Å². The molecule has 0 aliphatic carbocycles. The zero-order valence-corrected chi connectivity index (χ0v) is 14.5. The molecule has 7 nitrogen and oxygen atoms in total. The number of anilines is 1. The first-order valence-electron chi connectivity index (χ1n) is 6.39. The van der Waals surface area contributed by atoms with Gasteiger partial charge in [-0.25, -0.2) is 4.98 Å². The Morgan fingerprint density at radius 3 is 2.43 bits per heavy atom. The number of methoxy groups -OCH3 is 3. The highest BCUT2D eigenvalue weighted by Gasteiger charge is 2.19. The van der Waals surface area contributed by atoms with Gasteiger partial charge in [0, 0.05) is 11.9 Å². The van der Waals surface area contributed by atoms with Crippen LogP contribution in [0.15, 0.2) is 17.5 Å². The Morgan fingerprint density at radius 2 is 1.91 bits per heavy atom. The fraction of sp³-hybridized carbons (Fsp3) is 0.286. The van der Waals surface area contributed by atoms with Crippen molar-refractivity contribution in [3.63, 3.8) is 0 Å². The van der Waals surface area contributed by atoms with E-state index in [0.29, 0.717) is 40.2 Å². The molecule has 0 radical (unpaired) electrons. The van der Waals surface area contributed by atoms with Crippen molar-refractivity contribution in [1.82, 2.24) is 4.98 Å². The zero-order chi connectivity index (χ0) is 16.1. The summed E-state index contributed by atoms with van der Waals surface area (Å²) in [6, 6.07) is 3.36. The minimum atomic E-state index is -0.346. The number of nitrogens with zero attached hydrogens (tertiary/aromatic N) is 1. The Bertz CT molecular complexity index is 678. The summed E-state index contributed by atoms with van der Waals surface area (Å²) in [5.74, 6) is 0.950. The van der Waals surface area contributed by atoms with Gasteiger partial charge in [0.1, 0.15) is 10.7 Å². The van der Waals surface area contributed by atoms with E-state index >= 15 is 0 Å². The normalized spacial score (nSPS) is 9.74. The molecule has 2 aromatic rings. The summed E-state index contributed by atoms with van der Waals surface area (Å²) in [6.07, 6.45) is 0. The van der Waals surface area contributed by atoms with Crippen LogP contribution in [0.25, 0.3) is 0 Å². The van der Waals surface area contributed by atoms with Crippen molar-refractivity contribution < 1.29 is 19.0 Å². The Hall–Kier alpha value is -2.03. The molecule has 0 atom stereocenters. The van der Waals surface area contributed by atoms with Gasteiger partial charge in [0.05, 0.1) is 27.0 Å². The third-order valence-electron chi connectivity index (χ3n) is 2.91. The van der Waals surface area contributed by atoms with Crippen LogP contribution in [0.3, 0.4) is 0 Å². The maximum atomic E-state index is 12.2. The second-order valence-corrected chi connectivity index (χ2v) is 5.11. The largest absolute Gasteiger partial charge is 0.493 e. The average Bonchev–Trinajstić information content (AvgIpc) is 3.03. The van der Waals surface area contributed by atoms with Crippen LogP contribution >= 0.6 is 23.7 Å². The number of nitrogens with two attached hydrogens (primary N) is 1. The highest BCUT2D eigenvalue weighted by atomic mass is 35.5. The molecule has 2 rings (SSSR count). The van der Waals surface area contributed by atoms with Crippen LogP contribution < -0.4 is 25.3 Å². The first-order valence-corrected chi connectivity index (χ1v) is 7.27. The molecule has 0 saturated heterocycles. The highest BCUT2D eigenvalue weighted by molar-refractivity contribution is 7.09. The van der Waals surface area contributed by atoms with Gasteiger partial charge in [-0.1, -0.05) is 0 Å². The predicted octanol–water partition coefficient (Wildman–Crippen LogP) is 2.30. The van der Waals surface area contributed by atoms with E-state index < -0.39 is 0 Å². The Morgan fingerprint density at radius 1 is 1.22 bits per heavy atom. The number of halogens is 1. The summed E-state index contributed by atoms with van der Waals surface area (Å²) < 4.78 is 15.8. The van der Waals surface area contributed by atoms with E-state index in [4.69, 9.17) is 19.9 Å². The molecule has 126 valence electrons. The highest BCUT2D eigenvalue weighted by Crippen LogP contribution is 2.42. The summed E-state index contributed by atoms with van der Waals surface area (Å²) >= 11 is 1.34. The van der Waals surface area contributed by atoms with E-state index in [1.54, 1.807) is 17.5 Å². The van der Waals surface area contributed by atoms with Crippen molar-refractivity contribution in [3.05, 3.63) is 28.2 Å². The molecule has 0 aliphatic rings. The lowest BCUT2D eigenvalue weighted by Gasteiger charge is -2.15. The summed E-state index contributed by atoms with van der Waals surface area (Å²) in [4.78, 5) is 16.4. The van der Waals surface area contributed by atoms with E-state index in [0.717, 1.165) is 0 Å². The molecule has 0 saturated carbocycles. The number of amides is 1. The van der Waals surface area contributed by atoms with Crippen LogP contribution in [0.4, 0.5) is 5.69 Å².